The Bertz CT molecular complexity index is 1180. The van der Waals surface area contributed by atoms with Gasteiger partial charge in [-0.15, -0.1) is 0 Å². The zero-order valence-corrected chi connectivity index (χ0v) is 17.5. The lowest BCUT2D eigenvalue weighted by molar-refractivity contribution is -0.120. The first-order valence-corrected chi connectivity index (χ1v) is 9.85. The number of imide groups is 1. The quantitative estimate of drug-likeness (QED) is 0.619. The third-order valence-electron chi connectivity index (χ3n) is 5.13. The summed E-state index contributed by atoms with van der Waals surface area (Å²) in [5.74, 6) is -1.31. The minimum atomic E-state index is -0.452. The molecule has 0 saturated heterocycles. The van der Waals surface area contributed by atoms with Crippen LogP contribution in [0.15, 0.2) is 78.5 Å². The molecule has 0 fully saturated rings. The van der Waals surface area contributed by atoms with E-state index in [1.807, 2.05) is 56.3 Å². The van der Waals surface area contributed by atoms with Gasteiger partial charge in [-0.2, -0.15) is 0 Å². The van der Waals surface area contributed by atoms with Gasteiger partial charge in [0.25, 0.3) is 11.8 Å². The van der Waals surface area contributed by atoms with Crippen molar-refractivity contribution in [1.82, 2.24) is 0 Å². The topological polar surface area (TPSA) is 52.7 Å². The molecule has 31 heavy (non-hydrogen) atoms. The van der Waals surface area contributed by atoms with Gasteiger partial charge in [0.2, 0.25) is 0 Å². The van der Waals surface area contributed by atoms with Gasteiger partial charge in [0.05, 0.1) is 11.3 Å². The molecule has 0 atom stereocenters. The Labute approximate surface area is 180 Å². The van der Waals surface area contributed by atoms with Crippen molar-refractivity contribution in [2.75, 3.05) is 29.2 Å². The van der Waals surface area contributed by atoms with Gasteiger partial charge in [-0.1, -0.05) is 24.3 Å². The average Bonchev–Trinajstić information content (AvgIpc) is 2.98. The molecule has 0 unspecified atom stereocenters. The number of amides is 2. The number of hydrogen-bond donors (Lipinski definition) is 1. The maximum Gasteiger partial charge on any atom is 0.282 e. The Morgan fingerprint density at radius 1 is 0.871 bits per heavy atom. The number of rotatable bonds is 5. The predicted molar refractivity (Wildman–Crippen MR) is 121 cm³/mol. The smallest absolute Gasteiger partial charge is 0.282 e. The fourth-order valence-electron chi connectivity index (χ4n) is 3.52. The lowest BCUT2D eigenvalue weighted by Crippen LogP contribution is -2.32. The van der Waals surface area contributed by atoms with Crippen LogP contribution in [0.2, 0.25) is 0 Å². The number of carbonyl (C=O) groups is 2. The van der Waals surface area contributed by atoms with Gasteiger partial charge in [-0.25, -0.2) is 9.29 Å². The zero-order chi connectivity index (χ0) is 22.1. The molecular weight excluding hydrogens is 393 g/mol. The first-order valence-electron chi connectivity index (χ1n) is 9.85. The van der Waals surface area contributed by atoms with Crippen LogP contribution in [0.1, 0.15) is 11.1 Å². The molecule has 1 heterocycles. The highest BCUT2D eigenvalue weighted by atomic mass is 19.1. The van der Waals surface area contributed by atoms with Crippen molar-refractivity contribution in [3.63, 3.8) is 0 Å². The number of nitrogens with one attached hydrogen (secondary N) is 1. The van der Waals surface area contributed by atoms with Crippen molar-refractivity contribution in [2.24, 2.45) is 0 Å². The van der Waals surface area contributed by atoms with E-state index in [4.69, 9.17) is 0 Å². The molecule has 6 heteroatoms. The van der Waals surface area contributed by atoms with Crippen molar-refractivity contribution >= 4 is 34.4 Å². The highest BCUT2D eigenvalue weighted by Gasteiger charge is 2.40. The molecule has 0 bridgehead atoms. The summed E-state index contributed by atoms with van der Waals surface area (Å²) >= 11 is 0. The van der Waals surface area contributed by atoms with Crippen LogP contribution in [0.4, 0.5) is 21.5 Å². The normalized spacial score (nSPS) is 13.7. The number of aryl methyl sites for hydroxylation is 1. The monoisotopic (exact) mass is 415 g/mol. The fraction of sp³-hybridized carbons (Fsp3) is 0.120. The Morgan fingerprint density at radius 3 is 2.16 bits per heavy atom. The first kappa shape index (κ1) is 20.3. The maximum atomic E-state index is 13.5. The molecule has 3 aromatic carbocycles. The number of anilines is 3. The molecule has 1 N–H and O–H groups in total. The molecule has 0 saturated carbocycles. The van der Waals surface area contributed by atoms with Gasteiger partial charge in [-0.3, -0.25) is 9.59 Å². The Morgan fingerprint density at radius 2 is 1.55 bits per heavy atom. The highest BCUT2D eigenvalue weighted by Crippen LogP contribution is 2.34. The molecule has 1 aliphatic heterocycles. The Hall–Kier alpha value is -3.93. The molecule has 1 aliphatic rings. The molecule has 4 rings (SSSR count). The van der Waals surface area contributed by atoms with E-state index in [9.17, 15) is 14.0 Å². The summed E-state index contributed by atoms with van der Waals surface area (Å²) in [4.78, 5) is 29.8. The molecule has 5 nitrogen and oxygen atoms in total. The molecule has 0 aromatic heterocycles. The van der Waals surface area contributed by atoms with Gasteiger partial charge < -0.3 is 10.2 Å². The summed E-state index contributed by atoms with van der Waals surface area (Å²) in [5, 5.41) is 3.12. The van der Waals surface area contributed by atoms with Gasteiger partial charge in [0, 0.05) is 25.5 Å². The summed E-state index contributed by atoms with van der Waals surface area (Å²) < 4.78 is 13.5. The van der Waals surface area contributed by atoms with E-state index in [0.717, 1.165) is 16.2 Å². The summed E-state index contributed by atoms with van der Waals surface area (Å²) in [7, 11) is 3.88. The number of benzene rings is 3. The lowest BCUT2D eigenvalue weighted by atomic mass is 10.0. The van der Waals surface area contributed by atoms with E-state index in [-0.39, 0.29) is 11.3 Å². The van der Waals surface area contributed by atoms with Gasteiger partial charge in [-0.05, 0) is 66.6 Å². The third kappa shape index (κ3) is 3.92. The SMILES string of the molecule is Cc1cccc(N2C(=O)C(Nc3ccc(N(C)C)cc3)=C(c3ccc(F)cc3)C2=O)c1. The summed E-state index contributed by atoms with van der Waals surface area (Å²) in [6.45, 7) is 1.90. The molecule has 156 valence electrons. The van der Waals surface area contributed by atoms with Crippen molar-refractivity contribution in [1.29, 1.82) is 0 Å². The number of halogens is 1. The van der Waals surface area contributed by atoms with Crippen molar-refractivity contribution in [3.05, 3.63) is 95.4 Å². The van der Waals surface area contributed by atoms with Crippen LogP contribution in [0.25, 0.3) is 5.57 Å². The average molecular weight is 415 g/mol. The minimum absolute atomic E-state index is 0.163. The third-order valence-corrected chi connectivity index (χ3v) is 5.13. The van der Waals surface area contributed by atoms with E-state index in [2.05, 4.69) is 5.32 Å². The molecule has 3 aromatic rings. The molecule has 0 spiro atoms. The van der Waals surface area contributed by atoms with E-state index >= 15 is 0 Å². The second-order valence-electron chi connectivity index (χ2n) is 7.61. The molecular formula is C25H22FN3O2. The predicted octanol–water partition coefficient (Wildman–Crippen LogP) is 4.60. The minimum Gasteiger partial charge on any atom is -0.378 e. The first-order chi connectivity index (χ1) is 14.8. The second-order valence-corrected chi connectivity index (χ2v) is 7.61. The molecule has 0 radical (unpaired) electrons. The summed E-state index contributed by atoms with van der Waals surface area (Å²) in [6.07, 6.45) is 0. The molecule has 0 aliphatic carbocycles. The lowest BCUT2D eigenvalue weighted by Gasteiger charge is -2.16. The number of nitrogens with zero attached hydrogens (tertiary/aromatic N) is 2. The van der Waals surface area contributed by atoms with Crippen LogP contribution in [0, 0.1) is 12.7 Å². The molecule has 2 amide bonds. The highest BCUT2D eigenvalue weighted by molar-refractivity contribution is 6.46. The van der Waals surface area contributed by atoms with Crippen LogP contribution >= 0.6 is 0 Å². The van der Waals surface area contributed by atoms with Crippen molar-refractivity contribution in [3.8, 4) is 0 Å². The Kier molecular flexibility index (Phi) is 5.29. The van der Waals surface area contributed by atoms with E-state index < -0.39 is 17.6 Å². The largest absolute Gasteiger partial charge is 0.378 e. The van der Waals surface area contributed by atoms with Gasteiger partial charge in [0.1, 0.15) is 11.5 Å². The van der Waals surface area contributed by atoms with Crippen LogP contribution in [-0.4, -0.2) is 25.9 Å². The van der Waals surface area contributed by atoms with E-state index in [0.29, 0.717) is 16.9 Å². The van der Waals surface area contributed by atoms with Crippen LogP contribution in [0.5, 0.6) is 0 Å². The zero-order valence-electron chi connectivity index (χ0n) is 17.5. The van der Waals surface area contributed by atoms with Gasteiger partial charge in [0.15, 0.2) is 0 Å². The fourth-order valence-corrected chi connectivity index (χ4v) is 3.52. The van der Waals surface area contributed by atoms with Crippen LogP contribution in [-0.2, 0) is 9.59 Å². The standard InChI is InChI=1S/C25H22FN3O2/c1-16-5-4-6-21(15-16)29-24(30)22(17-7-9-18(26)10-8-17)23(25(29)31)27-19-11-13-20(14-12-19)28(2)3/h4-15,27H,1-3H3. The van der Waals surface area contributed by atoms with Crippen molar-refractivity contribution in [2.45, 2.75) is 6.92 Å². The van der Waals surface area contributed by atoms with Crippen LogP contribution in [0.3, 0.4) is 0 Å². The second kappa shape index (κ2) is 8.07. The maximum absolute atomic E-state index is 13.5. The summed E-state index contributed by atoms with van der Waals surface area (Å²) in [6, 6.07) is 20.3. The Balaban J connectivity index is 1.78. The van der Waals surface area contributed by atoms with E-state index in [1.54, 1.807) is 18.2 Å². The van der Waals surface area contributed by atoms with Crippen molar-refractivity contribution < 1.29 is 14.0 Å². The van der Waals surface area contributed by atoms with Crippen LogP contribution < -0.4 is 15.1 Å². The number of hydrogen-bond acceptors (Lipinski definition) is 4. The van der Waals surface area contributed by atoms with Gasteiger partial charge >= 0.3 is 0 Å². The number of carbonyl (C=O) groups excluding carboxylic acids is 2. The van der Waals surface area contributed by atoms with E-state index in [1.165, 1.54) is 24.3 Å². The summed E-state index contributed by atoms with van der Waals surface area (Å²) in [5.41, 5.74) is 3.96.